The molecule has 0 saturated heterocycles. The SMILES string of the molecule is O=C(Nc1nnc(SCc2ccc(F)cc2)s1)c1ncc(Cl)c(Cl)c1Cl. The lowest BCUT2D eigenvalue weighted by Crippen LogP contribution is -2.14. The molecule has 0 saturated carbocycles. The number of hydrogen-bond donors (Lipinski definition) is 1. The number of nitrogens with one attached hydrogen (secondary N) is 1. The minimum Gasteiger partial charge on any atom is -0.295 e. The maximum absolute atomic E-state index is 12.9. The summed E-state index contributed by atoms with van der Waals surface area (Å²) >= 11 is 20.3. The van der Waals surface area contributed by atoms with E-state index < -0.39 is 5.91 Å². The Morgan fingerprint density at radius 2 is 1.88 bits per heavy atom. The molecule has 0 aliphatic heterocycles. The van der Waals surface area contributed by atoms with Crippen molar-refractivity contribution in [1.29, 1.82) is 0 Å². The topological polar surface area (TPSA) is 67.8 Å². The van der Waals surface area contributed by atoms with Gasteiger partial charge in [0.05, 0.1) is 15.1 Å². The third-order valence-corrected chi connectivity index (χ3v) is 6.32. The summed E-state index contributed by atoms with van der Waals surface area (Å²) in [5.74, 6) is -0.253. The number of aromatic nitrogens is 3. The van der Waals surface area contributed by atoms with Gasteiger partial charge in [0.1, 0.15) is 11.5 Å². The van der Waals surface area contributed by atoms with Crippen LogP contribution >= 0.6 is 57.9 Å². The molecule has 0 aliphatic carbocycles. The first-order chi connectivity index (χ1) is 12.4. The van der Waals surface area contributed by atoms with Crippen LogP contribution in [-0.2, 0) is 5.75 Å². The molecule has 11 heteroatoms. The van der Waals surface area contributed by atoms with Crippen molar-refractivity contribution in [3.05, 3.63) is 62.6 Å². The van der Waals surface area contributed by atoms with Crippen molar-refractivity contribution in [2.75, 3.05) is 5.32 Å². The van der Waals surface area contributed by atoms with Gasteiger partial charge in [-0.2, -0.15) is 0 Å². The minimum absolute atomic E-state index is 0.0351. The van der Waals surface area contributed by atoms with Crippen LogP contribution in [0.3, 0.4) is 0 Å². The summed E-state index contributed by atoms with van der Waals surface area (Å²) in [6.07, 6.45) is 1.24. The highest BCUT2D eigenvalue weighted by atomic mass is 35.5. The van der Waals surface area contributed by atoms with E-state index in [0.717, 1.165) is 5.56 Å². The predicted molar refractivity (Wildman–Crippen MR) is 103 cm³/mol. The fraction of sp³-hybridized carbons (Fsp3) is 0.0667. The zero-order valence-corrected chi connectivity index (χ0v) is 16.6. The smallest absolute Gasteiger partial charge is 0.277 e. The fourth-order valence-electron chi connectivity index (χ4n) is 1.80. The van der Waals surface area contributed by atoms with E-state index in [1.54, 1.807) is 12.1 Å². The number of rotatable bonds is 5. The predicted octanol–water partition coefficient (Wildman–Crippen LogP) is 5.58. The van der Waals surface area contributed by atoms with Crippen LogP contribution in [0.4, 0.5) is 9.52 Å². The Labute approximate surface area is 170 Å². The summed E-state index contributed by atoms with van der Waals surface area (Å²) in [4.78, 5) is 16.1. The molecule has 3 rings (SSSR count). The van der Waals surface area contributed by atoms with Gasteiger partial charge in [-0.05, 0) is 17.7 Å². The highest BCUT2D eigenvalue weighted by Gasteiger charge is 2.18. The Bertz CT molecular complexity index is 953. The Kier molecular flexibility index (Phi) is 6.31. The van der Waals surface area contributed by atoms with Gasteiger partial charge >= 0.3 is 0 Å². The maximum Gasteiger partial charge on any atom is 0.277 e. The molecule has 0 spiro atoms. The van der Waals surface area contributed by atoms with E-state index in [2.05, 4.69) is 20.5 Å². The highest BCUT2D eigenvalue weighted by Crippen LogP contribution is 2.32. The molecule has 1 N–H and O–H groups in total. The number of amides is 1. The molecular weight excluding hydrogens is 442 g/mol. The van der Waals surface area contributed by atoms with Crippen LogP contribution in [0.25, 0.3) is 0 Å². The first-order valence-corrected chi connectivity index (χ1v) is 9.89. The van der Waals surface area contributed by atoms with Gasteiger partial charge in [0.2, 0.25) is 5.13 Å². The van der Waals surface area contributed by atoms with Crippen molar-refractivity contribution >= 4 is 68.9 Å². The van der Waals surface area contributed by atoms with Gasteiger partial charge in [0.15, 0.2) is 4.34 Å². The second-order valence-corrected chi connectivity index (χ2v) is 8.19. The zero-order valence-electron chi connectivity index (χ0n) is 12.7. The third-order valence-electron chi connectivity index (χ3n) is 3.03. The van der Waals surface area contributed by atoms with Crippen LogP contribution in [0.15, 0.2) is 34.8 Å². The molecule has 1 aromatic carbocycles. The number of halogens is 4. The van der Waals surface area contributed by atoms with Gasteiger partial charge in [0.25, 0.3) is 5.91 Å². The molecule has 0 radical (unpaired) electrons. The average molecular weight is 450 g/mol. The quantitative estimate of drug-likeness (QED) is 0.407. The Morgan fingerprint density at radius 1 is 1.15 bits per heavy atom. The third kappa shape index (κ3) is 4.63. The molecule has 5 nitrogen and oxygen atoms in total. The first kappa shape index (κ1) is 19.3. The maximum atomic E-state index is 12.9. The van der Waals surface area contributed by atoms with Gasteiger partial charge in [-0.25, -0.2) is 9.37 Å². The molecule has 0 fully saturated rings. The average Bonchev–Trinajstić information content (AvgIpc) is 3.06. The Balaban J connectivity index is 1.64. The number of thioether (sulfide) groups is 1. The van der Waals surface area contributed by atoms with Crippen LogP contribution in [0.5, 0.6) is 0 Å². The van der Waals surface area contributed by atoms with Crippen LogP contribution in [-0.4, -0.2) is 21.1 Å². The Hall–Kier alpha value is -1.45. The summed E-state index contributed by atoms with van der Waals surface area (Å²) in [5.41, 5.74) is 0.890. The molecule has 134 valence electrons. The van der Waals surface area contributed by atoms with Gasteiger partial charge in [-0.1, -0.05) is 70.0 Å². The van der Waals surface area contributed by atoms with E-state index in [-0.39, 0.29) is 26.6 Å². The summed E-state index contributed by atoms with van der Waals surface area (Å²) < 4.78 is 13.5. The largest absolute Gasteiger partial charge is 0.295 e. The number of carbonyl (C=O) groups excluding carboxylic acids is 1. The fourth-order valence-corrected chi connectivity index (χ4v) is 4.07. The lowest BCUT2D eigenvalue weighted by atomic mass is 10.2. The molecule has 26 heavy (non-hydrogen) atoms. The lowest BCUT2D eigenvalue weighted by molar-refractivity contribution is 0.102. The molecule has 0 aliphatic rings. The van der Waals surface area contributed by atoms with Crippen molar-refractivity contribution in [2.24, 2.45) is 0 Å². The first-order valence-electron chi connectivity index (χ1n) is 6.95. The normalized spacial score (nSPS) is 10.8. The second kappa shape index (κ2) is 8.49. The summed E-state index contributed by atoms with van der Waals surface area (Å²) in [7, 11) is 0. The number of benzene rings is 1. The van der Waals surface area contributed by atoms with E-state index in [1.165, 1.54) is 41.4 Å². The van der Waals surface area contributed by atoms with Crippen LogP contribution in [0.2, 0.25) is 15.1 Å². The zero-order chi connectivity index (χ0) is 18.7. The molecule has 2 heterocycles. The number of hydrogen-bond acceptors (Lipinski definition) is 6. The van der Waals surface area contributed by atoms with Crippen molar-refractivity contribution in [3.8, 4) is 0 Å². The summed E-state index contributed by atoms with van der Waals surface area (Å²) in [5, 5.41) is 10.9. The van der Waals surface area contributed by atoms with E-state index >= 15 is 0 Å². The molecule has 3 aromatic rings. The molecule has 2 aromatic heterocycles. The number of nitrogens with zero attached hydrogens (tertiary/aromatic N) is 3. The van der Waals surface area contributed by atoms with E-state index in [9.17, 15) is 9.18 Å². The highest BCUT2D eigenvalue weighted by molar-refractivity contribution is 8.00. The number of pyridine rings is 1. The van der Waals surface area contributed by atoms with Crippen molar-refractivity contribution in [2.45, 2.75) is 10.1 Å². The van der Waals surface area contributed by atoms with E-state index in [4.69, 9.17) is 34.8 Å². The lowest BCUT2D eigenvalue weighted by Gasteiger charge is -2.05. The van der Waals surface area contributed by atoms with Gasteiger partial charge in [-0.15, -0.1) is 10.2 Å². The van der Waals surface area contributed by atoms with Crippen molar-refractivity contribution in [3.63, 3.8) is 0 Å². The van der Waals surface area contributed by atoms with Crippen molar-refractivity contribution < 1.29 is 9.18 Å². The number of carbonyl (C=O) groups is 1. The summed E-state index contributed by atoms with van der Waals surface area (Å²) in [6.45, 7) is 0. The van der Waals surface area contributed by atoms with E-state index in [1.807, 2.05) is 0 Å². The Morgan fingerprint density at radius 3 is 2.62 bits per heavy atom. The van der Waals surface area contributed by atoms with Crippen LogP contribution in [0.1, 0.15) is 16.1 Å². The second-order valence-electron chi connectivity index (χ2n) is 4.83. The molecular formula is C15H8Cl3FN4OS2. The summed E-state index contributed by atoms with van der Waals surface area (Å²) in [6, 6.07) is 6.19. The molecule has 0 atom stereocenters. The van der Waals surface area contributed by atoms with Gasteiger partial charge in [-0.3, -0.25) is 10.1 Å². The monoisotopic (exact) mass is 448 g/mol. The van der Waals surface area contributed by atoms with Gasteiger partial charge < -0.3 is 0 Å². The molecule has 0 bridgehead atoms. The van der Waals surface area contributed by atoms with E-state index in [0.29, 0.717) is 15.2 Å². The molecule has 0 unspecified atom stereocenters. The number of anilines is 1. The standard InChI is InChI=1S/C15H8Cl3FN4OS2/c16-9-5-20-12(11(18)10(9)17)13(24)21-14-22-23-15(26-14)25-6-7-1-3-8(19)4-2-7/h1-5H,6H2,(H,21,22,24). The molecule has 1 amide bonds. The van der Waals surface area contributed by atoms with Crippen LogP contribution < -0.4 is 5.32 Å². The van der Waals surface area contributed by atoms with Crippen LogP contribution in [0, 0.1) is 5.82 Å². The minimum atomic E-state index is -0.570. The van der Waals surface area contributed by atoms with Gasteiger partial charge in [0, 0.05) is 11.9 Å². The van der Waals surface area contributed by atoms with Crippen molar-refractivity contribution in [1.82, 2.24) is 15.2 Å².